The Morgan fingerprint density at radius 2 is 0.875 bits per heavy atom. The zero-order valence-corrected chi connectivity index (χ0v) is 25.6. The molecule has 10 rings (SSSR count). The van der Waals surface area contributed by atoms with Crippen LogP contribution in [0.15, 0.2) is 160 Å². The molecule has 0 aliphatic carbocycles. The summed E-state index contributed by atoms with van der Waals surface area (Å²) in [4.78, 5) is 15.3. The van der Waals surface area contributed by atoms with Gasteiger partial charge in [0.05, 0.1) is 0 Å². The molecular formula is C43H25N3O2. The summed E-state index contributed by atoms with van der Waals surface area (Å²) in [5.41, 5.74) is 8.31. The first kappa shape index (κ1) is 26.6. The maximum atomic E-state index is 6.23. The fourth-order valence-corrected chi connectivity index (χ4v) is 6.86. The second-order valence-electron chi connectivity index (χ2n) is 12.0. The van der Waals surface area contributed by atoms with Gasteiger partial charge in [-0.25, -0.2) is 15.0 Å². The largest absolute Gasteiger partial charge is 0.456 e. The van der Waals surface area contributed by atoms with Crippen molar-refractivity contribution in [1.29, 1.82) is 0 Å². The summed E-state index contributed by atoms with van der Waals surface area (Å²) >= 11 is 0. The van der Waals surface area contributed by atoms with Crippen molar-refractivity contribution >= 4 is 54.6 Å². The quantitative estimate of drug-likeness (QED) is 0.197. The zero-order chi connectivity index (χ0) is 31.6. The van der Waals surface area contributed by atoms with E-state index in [2.05, 4.69) is 91.0 Å². The zero-order valence-electron chi connectivity index (χ0n) is 25.6. The average Bonchev–Trinajstić information content (AvgIpc) is 3.73. The number of hydrogen-bond acceptors (Lipinski definition) is 5. The predicted molar refractivity (Wildman–Crippen MR) is 194 cm³/mol. The van der Waals surface area contributed by atoms with E-state index >= 15 is 0 Å². The van der Waals surface area contributed by atoms with Crippen LogP contribution in [-0.2, 0) is 0 Å². The Kier molecular flexibility index (Phi) is 5.81. The van der Waals surface area contributed by atoms with Gasteiger partial charge in [-0.2, -0.15) is 0 Å². The normalized spacial score (nSPS) is 11.8. The molecule has 5 nitrogen and oxygen atoms in total. The van der Waals surface area contributed by atoms with Gasteiger partial charge in [-0.3, -0.25) is 0 Å². The molecule has 0 aliphatic heterocycles. The van der Waals surface area contributed by atoms with Crippen LogP contribution in [0.5, 0.6) is 0 Å². The molecule has 0 aliphatic rings. The van der Waals surface area contributed by atoms with E-state index in [4.69, 9.17) is 23.8 Å². The van der Waals surface area contributed by atoms with Crippen LogP contribution < -0.4 is 0 Å². The highest BCUT2D eigenvalue weighted by Crippen LogP contribution is 2.38. The number of nitrogens with zero attached hydrogens (tertiary/aromatic N) is 3. The molecule has 0 amide bonds. The summed E-state index contributed by atoms with van der Waals surface area (Å²) in [7, 11) is 0. The van der Waals surface area contributed by atoms with Gasteiger partial charge in [0, 0.05) is 38.2 Å². The molecule has 3 aromatic heterocycles. The molecule has 48 heavy (non-hydrogen) atoms. The monoisotopic (exact) mass is 615 g/mol. The summed E-state index contributed by atoms with van der Waals surface area (Å²) in [5, 5.41) is 6.53. The van der Waals surface area contributed by atoms with E-state index in [1.807, 2.05) is 60.7 Å². The Hall–Kier alpha value is -6.59. The summed E-state index contributed by atoms with van der Waals surface area (Å²) in [5.74, 6) is 1.77. The van der Waals surface area contributed by atoms with Crippen molar-refractivity contribution in [2.24, 2.45) is 0 Å². The molecule has 0 fully saturated rings. The minimum atomic E-state index is 0.586. The van der Waals surface area contributed by atoms with Crippen LogP contribution in [0.4, 0.5) is 0 Å². The van der Waals surface area contributed by atoms with Crippen LogP contribution in [0.3, 0.4) is 0 Å². The highest BCUT2D eigenvalue weighted by Gasteiger charge is 2.18. The van der Waals surface area contributed by atoms with Crippen molar-refractivity contribution in [3.8, 4) is 45.3 Å². The summed E-state index contributed by atoms with van der Waals surface area (Å²) in [6.45, 7) is 0. The van der Waals surface area contributed by atoms with Gasteiger partial charge in [-0.1, -0.05) is 115 Å². The summed E-state index contributed by atoms with van der Waals surface area (Å²) < 4.78 is 12.3. The molecule has 0 unspecified atom stereocenters. The van der Waals surface area contributed by atoms with Crippen molar-refractivity contribution in [1.82, 2.24) is 15.0 Å². The Morgan fingerprint density at radius 1 is 0.333 bits per heavy atom. The SMILES string of the molecule is c1ccc2c(-c3ccc(-c4nc(-c5ccc6oc7ccccc7c6c5)nc(-c5cccc6oc7ccccc7c56)n4)cc3)cccc2c1. The van der Waals surface area contributed by atoms with E-state index in [9.17, 15) is 0 Å². The van der Waals surface area contributed by atoms with Crippen LogP contribution in [0, 0.1) is 0 Å². The molecular weight excluding hydrogens is 590 g/mol. The van der Waals surface area contributed by atoms with E-state index in [1.165, 1.54) is 16.3 Å². The smallest absolute Gasteiger partial charge is 0.164 e. The average molecular weight is 616 g/mol. The van der Waals surface area contributed by atoms with E-state index in [1.54, 1.807) is 0 Å². The maximum absolute atomic E-state index is 6.23. The topological polar surface area (TPSA) is 65.0 Å². The van der Waals surface area contributed by atoms with Gasteiger partial charge in [0.2, 0.25) is 0 Å². The molecule has 3 heterocycles. The van der Waals surface area contributed by atoms with Crippen LogP contribution in [0.25, 0.3) is 99.9 Å². The van der Waals surface area contributed by atoms with Gasteiger partial charge < -0.3 is 8.83 Å². The number of para-hydroxylation sites is 2. The molecule has 5 heteroatoms. The van der Waals surface area contributed by atoms with E-state index in [0.29, 0.717) is 17.5 Å². The first-order chi connectivity index (χ1) is 23.8. The van der Waals surface area contributed by atoms with Crippen LogP contribution in [0.1, 0.15) is 0 Å². The number of furan rings is 2. The fourth-order valence-electron chi connectivity index (χ4n) is 6.86. The lowest BCUT2D eigenvalue weighted by Gasteiger charge is -2.11. The molecule has 10 aromatic rings. The van der Waals surface area contributed by atoms with Gasteiger partial charge in [0.15, 0.2) is 17.5 Å². The van der Waals surface area contributed by atoms with E-state index in [0.717, 1.165) is 66.1 Å². The minimum Gasteiger partial charge on any atom is -0.456 e. The van der Waals surface area contributed by atoms with Crippen LogP contribution >= 0.6 is 0 Å². The van der Waals surface area contributed by atoms with Gasteiger partial charge >= 0.3 is 0 Å². The standard InChI is InChI=1S/C43H25N3O2/c1-2-11-30-26(9-1)10-7-14-31(30)27-19-21-28(22-20-27)41-44-42(29-23-24-38-35(25-29)32-12-3-5-16-36(32)47-38)46-43(45-41)34-15-8-18-39-40(34)33-13-4-6-17-37(33)48-39/h1-25H. The Bertz CT molecular complexity index is 2840. The Labute approximate surface area is 274 Å². The van der Waals surface area contributed by atoms with Gasteiger partial charge in [-0.05, 0) is 58.3 Å². The fraction of sp³-hybridized carbons (Fsp3) is 0. The lowest BCUT2D eigenvalue weighted by Crippen LogP contribution is -2.00. The Balaban J connectivity index is 1.17. The number of rotatable bonds is 4. The molecule has 224 valence electrons. The van der Waals surface area contributed by atoms with Crippen LogP contribution in [-0.4, -0.2) is 15.0 Å². The third-order valence-electron chi connectivity index (χ3n) is 9.16. The third-order valence-corrected chi connectivity index (χ3v) is 9.16. The first-order valence-corrected chi connectivity index (χ1v) is 15.9. The lowest BCUT2D eigenvalue weighted by atomic mass is 9.97. The maximum Gasteiger partial charge on any atom is 0.164 e. The Morgan fingerprint density at radius 3 is 1.73 bits per heavy atom. The number of fused-ring (bicyclic) bond motifs is 7. The second-order valence-corrected chi connectivity index (χ2v) is 12.0. The van der Waals surface area contributed by atoms with Crippen molar-refractivity contribution < 1.29 is 8.83 Å². The number of hydrogen-bond donors (Lipinski definition) is 0. The van der Waals surface area contributed by atoms with Gasteiger partial charge in [-0.15, -0.1) is 0 Å². The van der Waals surface area contributed by atoms with Crippen molar-refractivity contribution in [2.45, 2.75) is 0 Å². The highest BCUT2D eigenvalue weighted by atomic mass is 16.3. The van der Waals surface area contributed by atoms with E-state index < -0.39 is 0 Å². The molecule has 0 atom stereocenters. The van der Waals surface area contributed by atoms with Crippen molar-refractivity contribution in [3.05, 3.63) is 152 Å². The lowest BCUT2D eigenvalue weighted by molar-refractivity contribution is 0.668. The molecule has 0 saturated carbocycles. The summed E-state index contributed by atoms with van der Waals surface area (Å²) in [6.07, 6.45) is 0. The van der Waals surface area contributed by atoms with Gasteiger partial charge in [0.25, 0.3) is 0 Å². The highest BCUT2D eigenvalue weighted by molar-refractivity contribution is 6.12. The van der Waals surface area contributed by atoms with Crippen molar-refractivity contribution in [2.75, 3.05) is 0 Å². The van der Waals surface area contributed by atoms with Crippen LogP contribution in [0.2, 0.25) is 0 Å². The molecule has 7 aromatic carbocycles. The second kappa shape index (κ2) is 10.5. The number of aromatic nitrogens is 3. The number of benzene rings is 7. The molecule has 0 N–H and O–H groups in total. The van der Waals surface area contributed by atoms with Crippen molar-refractivity contribution in [3.63, 3.8) is 0 Å². The molecule has 0 saturated heterocycles. The van der Waals surface area contributed by atoms with E-state index in [-0.39, 0.29) is 0 Å². The summed E-state index contributed by atoms with van der Waals surface area (Å²) in [6, 6.07) is 51.7. The molecule has 0 radical (unpaired) electrons. The third kappa shape index (κ3) is 4.22. The first-order valence-electron chi connectivity index (χ1n) is 15.9. The predicted octanol–water partition coefficient (Wildman–Crippen LogP) is 11.5. The molecule has 0 spiro atoms. The van der Waals surface area contributed by atoms with Gasteiger partial charge in [0.1, 0.15) is 22.3 Å². The minimum absolute atomic E-state index is 0.586. The molecule has 0 bridgehead atoms.